The van der Waals surface area contributed by atoms with Gasteiger partial charge in [-0.1, -0.05) is 44.4 Å². The molecule has 0 unspecified atom stereocenters. The predicted octanol–water partition coefficient (Wildman–Crippen LogP) is 4.83. The summed E-state index contributed by atoms with van der Waals surface area (Å²) in [5, 5.41) is 3.08. The molecule has 2 N–H and O–H groups in total. The Labute approximate surface area is 175 Å². The summed E-state index contributed by atoms with van der Waals surface area (Å²) in [7, 11) is -4.11. The number of carbonyl (C=O) groups excluding carboxylic acids is 1. The standard InChI is InChI=1S/C21H24ClFN2O3S/c1-13-5-3-8-19(14(13)2)25-29(27,28)20-11-15(9-10-18(20)23)21(26)24-17-7-4-6-16(22)12-17/h4,6-7,9-14,19,25H,3,5,8H2,1-2H3,(H,24,26)/t13-,14+,19-/m1/s1. The first-order valence-corrected chi connectivity index (χ1v) is 11.4. The SMILES string of the molecule is C[C@H]1[C@H](C)CCC[C@H]1NS(=O)(=O)c1cc(C(=O)Nc2cccc(Cl)c2)ccc1F. The quantitative estimate of drug-likeness (QED) is 0.701. The zero-order valence-corrected chi connectivity index (χ0v) is 17.9. The lowest BCUT2D eigenvalue weighted by molar-refractivity contribution is 0.102. The maximum atomic E-state index is 14.4. The molecular formula is C21H24ClFN2O3S. The van der Waals surface area contributed by atoms with Crippen molar-refractivity contribution >= 4 is 33.2 Å². The smallest absolute Gasteiger partial charge is 0.255 e. The van der Waals surface area contributed by atoms with Crippen LogP contribution in [-0.2, 0) is 10.0 Å². The van der Waals surface area contributed by atoms with Crippen molar-refractivity contribution in [3.63, 3.8) is 0 Å². The fraction of sp³-hybridized carbons (Fsp3) is 0.381. The molecule has 29 heavy (non-hydrogen) atoms. The molecule has 2 aromatic rings. The Kier molecular flexibility index (Phi) is 6.61. The molecule has 0 bridgehead atoms. The number of rotatable bonds is 5. The number of halogens is 2. The highest BCUT2D eigenvalue weighted by molar-refractivity contribution is 7.89. The monoisotopic (exact) mass is 438 g/mol. The fourth-order valence-corrected chi connectivity index (χ4v) is 5.29. The van der Waals surface area contributed by atoms with E-state index in [1.807, 2.05) is 6.92 Å². The van der Waals surface area contributed by atoms with Crippen LogP contribution in [0, 0.1) is 17.7 Å². The maximum absolute atomic E-state index is 14.4. The van der Waals surface area contributed by atoms with Crippen LogP contribution in [0.1, 0.15) is 43.5 Å². The van der Waals surface area contributed by atoms with Crippen LogP contribution >= 0.6 is 11.6 Å². The molecule has 1 aliphatic carbocycles. The first kappa shape index (κ1) is 21.7. The molecule has 3 atom stereocenters. The van der Waals surface area contributed by atoms with Crippen LogP contribution in [-0.4, -0.2) is 20.4 Å². The van der Waals surface area contributed by atoms with Gasteiger partial charge in [0.1, 0.15) is 10.7 Å². The topological polar surface area (TPSA) is 75.3 Å². The second-order valence-corrected chi connectivity index (χ2v) is 9.72. The Morgan fingerprint density at radius 1 is 1.14 bits per heavy atom. The molecule has 1 amide bonds. The largest absolute Gasteiger partial charge is 0.322 e. The summed E-state index contributed by atoms with van der Waals surface area (Å²) < 4.78 is 42.7. The highest BCUT2D eigenvalue weighted by atomic mass is 35.5. The molecule has 8 heteroatoms. The molecule has 156 valence electrons. The maximum Gasteiger partial charge on any atom is 0.255 e. The molecule has 1 aliphatic rings. The van der Waals surface area contributed by atoms with Gasteiger partial charge >= 0.3 is 0 Å². The second kappa shape index (κ2) is 8.81. The van der Waals surface area contributed by atoms with Crippen molar-refractivity contribution in [3.8, 4) is 0 Å². The van der Waals surface area contributed by atoms with Gasteiger partial charge in [-0.15, -0.1) is 0 Å². The molecule has 0 heterocycles. The number of benzene rings is 2. The average molecular weight is 439 g/mol. The first-order valence-electron chi connectivity index (χ1n) is 9.56. The van der Waals surface area contributed by atoms with Crippen molar-refractivity contribution in [2.45, 2.75) is 44.0 Å². The molecule has 0 saturated heterocycles. The lowest BCUT2D eigenvalue weighted by atomic mass is 9.78. The highest BCUT2D eigenvalue weighted by Crippen LogP contribution is 2.31. The lowest BCUT2D eigenvalue weighted by Crippen LogP contribution is -2.43. The van der Waals surface area contributed by atoms with Gasteiger partial charge in [-0.2, -0.15) is 0 Å². The molecule has 3 rings (SSSR count). The van der Waals surface area contributed by atoms with Gasteiger partial charge < -0.3 is 5.32 Å². The number of anilines is 1. The van der Waals surface area contributed by atoms with E-state index in [0.717, 1.165) is 25.0 Å². The third-order valence-electron chi connectivity index (χ3n) is 5.58. The number of amides is 1. The van der Waals surface area contributed by atoms with Crippen LogP contribution in [0.2, 0.25) is 5.02 Å². The summed E-state index contributed by atoms with van der Waals surface area (Å²) in [6, 6.07) is 9.61. The molecular weight excluding hydrogens is 415 g/mol. The van der Waals surface area contributed by atoms with Crippen molar-refractivity contribution in [2.24, 2.45) is 11.8 Å². The van der Waals surface area contributed by atoms with Gasteiger partial charge in [-0.05, 0) is 54.7 Å². The van der Waals surface area contributed by atoms with E-state index in [4.69, 9.17) is 11.6 Å². The van der Waals surface area contributed by atoms with Crippen LogP contribution in [0.3, 0.4) is 0 Å². The summed E-state index contributed by atoms with van der Waals surface area (Å²) in [6.45, 7) is 4.09. The van der Waals surface area contributed by atoms with Crippen molar-refractivity contribution in [1.82, 2.24) is 4.72 Å². The van der Waals surface area contributed by atoms with Gasteiger partial charge in [0, 0.05) is 22.3 Å². The molecule has 0 aliphatic heterocycles. The Balaban J connectivity index is 1.83. The minimum Gasteiger partial charge on any atom is -0.322 e. The number of hydrogen-bond donors (Lipinski definition) is 2. The summed E-state index contributed by atoms with van der Waals surface area (Å²) in [4.78, 5) is 12.0. The van der Waals surface area contributed by atoms with Gasteiger partial charge in [-0.25, -0.2) is 17.5 Å². The number of sulfonamides is 1. The minimum absolute atomic E-state index is 0.0387. The third-order valence-corrected chi connectivity index (χ3v) is 7.32. The van der Waals surface area contributed by atoms with E-state index < -0.39 is 26.6 Å². The summed E-state index contributed by atoms with van der Waals surface area (Å²) in [5.41, 5.74) is 0.496. The van der Waals surface area contributed by atoms with Crippen molar-refractivity contribution in [3.05, 3.63) is 58.9 Å². The Morgan fingerprint density at radius 2 is 1.90 bits per heavy atom. The van der Waals surface area contributed by atoms with Crippen molar-refractivity contribution in [1.29, 1.82) is 0 Å². The summed E-state index contributed by atoms with van der Waals surface area (Å²) >= 11 is 5.91. The van der Waals surface area contributed by atoms with Gasteiger partial charge in [-0.3, -0.25) is 4.79 Å². The second-order valence-electron chi connectivity index (χ2n) is 7.60. The normalized spacial score (nSPS) is 22.3. The van der Waals surface area contributed by atoms with Crippen LogP contribution in [0.25, 0.3) is 0 Å². The van der Waals surface area contributed by atoms with Crippen LogP contribution in [0.4, 0.5) is 10.1 Å². The Morgan fingerprint density at radius 3 is 2.62 bits per heavy atom. The number of nitrogens with one attached hydrogen (secondary N) is 2. The van der Waals surface area contributed by atoms with Crippen LogP contribution in [0.5, 0.6) is 0 Å². The van der Waals surface area contributed by atoms with E-state index in [2.05, 4.69) is 17.0 Å². The molecule has 0 spiro atoms. The van der Waals surface area contributed by atoms with Gasteiger partial charge in [0.05, 0.1) is 0 Å². The molecule has 5 nitrogen and oxygen atoms in total. The molecule has 0 radical (unpaired) electrons. The fourth-order valence-electron chi connectivity index (χ4n) is 3.63. The molecule has 1 saturated carbocycles. The molecule has 1 fully saturated rings. The number of carbonyl (C=O) groups is 1. The van der Waals surface area contributed by atoms with E-state index >= 15 is 0 Å². The lowest BCUT2D eigenvalue weighted by Gasteiger charge is -2.34. The first-order chi connectivity index (χ1) is 13.7. The predicted molar refractivity (Wildman–Crippen MR) is 112 cm³/mol. The minimum atomic E-state index is -4.11. The zero-order chi connectivity index (χ0) is 21.2. The van der Waals surface area contributed by atoms with E-state index in [9.17, 15) is 17.6 Å². The molecule has 2 aromatic carbocycles. The van der Waals surface area contributed by atoms with Crippen molar-refractivity contribution < 1.29 is 17.6 Å². The van der Waals surface area contributed by atoms with Crippen molar-refractivity contribution in [2.75, 3.05) is 5.32 Å². The van der Waals surface area contributed by atoms with E-state index in [0.29, 0.717) is 23.0 Å². The molecule has 0 aromatic heterocycles. The summed E-state index contributed by atoms with van der Waals surface area (Å²) in [5.74, 6) is -0.913. The number of hydrogen-bond acceptors (Lipinski definition) is 3. The third kappa shape index (κ3) is 5.15. The van der Waals surface area contributed by atoms with Gasteiger partial charge in [0.2, 0.25) is 10.0 Å². The summed E-state index contributed by atoms with van der Waals surface area (Å²) in [6.07, 6.45) is 2.68. The highest BCUT2D eigenvalue weighted by Gasteiger charge is 2.32. The average Bonchev–Trinajstić information content (AvgIpc) is 2.65. The Bertz CT molecular complexity index is 1010. The van der Waals surface area contributed by atoms with Gasteiger partial charge in [0.25, 0.3) is 5.91 Å². The van der Waals surface area contributed by atoms with E-state index in [-0.39, 0.29) is 17.5 Å². The Hall–Kier alpha value is -1.96. The van der Waals surface area contributed by atoms with E-state index in [1.54, 1.807) is 24.3 Å². The van der Waals surface area contributed by atoms with Crippen LogP contribution < -0.4 is 10.0 Å². The van der Waals surface area contributed by atoms with E-state index in [1.165, 1.54) is 6.07 Å². The van der Waals surface area contributed by atoms with Crippen LogP contribution in [0.15, 0.2) is 47.4 Å². The van der Waals surface area contributed by atoms with Gasteiger partial charge in [0.15, 0.2) is 0 Å². The zero-order valence-electron chi connectivity index (χ0n) is 16.3.